The zero-order valence-electron chi connectivity index (χ0n) is 12.9. The molecule has 0 amide bonds. The van der Waals surface area contributed by atoms with Crippen LogP contribution in [0.1, 0.15) is 38.8 Å². The molecule has 106 valence electrons. The summed E-state index contributed by atoms with van der Waals surface area (Å²) in [5.41, 5.74) is 2.96. The topological polar surface area (TPSA) is 0 Å². The molecule has 1 unspecified atom stereocenters. The third-order valence-electron chi connectivity index (χ3n) is 3.54. The molecule has 2 rings (SSSR count). The van der Waals surface area contributed by atoms with Crippen LogP contribution in [-0.2, 0) is 11.8 Å². The molecule has 1 aliphatic heterocycles. The molecule has 0 N–H and O–H groups in total. The molecular formula is C19H24S. The van der Waals surface area contributed by atoms with Gasteiger partial charge in [-0.25, -0.2) is 0 Å². The molecule has 1 aromatic rings. The van der Waals surface area contributed by atoms with Gasteiger partial charge in [-0.1, -0.05) is 82.5 Å². The number of hydrogen-bond donors (Lipinski definition) is 0. The van der Waals surface area contributed by atoms with Gasteiger partial charge in [0, 0.05) is 9.80 Å². The third kappa shape index (κ3) is 3.89. The maximum Gasteiger partial charge on any atom is 0.0160 e. The zero-order chi connectivity index (χ0) is 14.8. The molecule has 1 heteroatoms. The molecular weight excluding hydrogens is 260 g/mol. The van der Waals surface area contributed by atoms with Crippen molar-refractivity contribution in [3.8, 4) is 0 Å². The Morgan fingerprint density at radius 2 is 1.95 bits per heavy atom. The Kier molecular flexibility index (Phi) is 4.59. The Labute approximate surface area is 127 Å². The molecule has 0 aromatic heterocycles. The predicted molar refractivity (Wildman–Crippen MR) is 91.3 cm³/mol. The van der Waals surface area contributed by atoms with Gasteiger partial charge >= 0.3 is 0 Å². The summed E-state index contributed by atoms with van der Waals surface area (Å²) in [5.74, 6) is 0.475. The quantitative estimate of drug-likeness (QED) is 0.535. The fourth-order valence-electron chi connectivity index (χ4n) is 2.19. The lowest BCUT2D eigenvalue weighted by molar-refractivity contribution is 0.588. The Morgan fingerprint density at radius 3 is 2.65 bits per heavy atom. The number of hydrogen-bond acceptors (Lipinski definition) is 1. The minimum absolute atomic E-state index is 0.187. The van der Waals surface area contributed by atoms with Crippen LogP contribution in [0.15, 0.2) is 58.9 Å². The number of fused-ring (bicyclic) bond motifs is 1. The second-order valence-corrected chi connectivity index (χ2v) is 7.66. The highest BCUT2D eigenvalue weighted by molar-refractivity contribution is 8.03. The number of thioether (sulfide) groups is 1. The van der Waals surface area contributed by atoms with Crippen LogP contribution in [0.5, 0.6) is 0 Å². The van der Waals surface area contributed by atoms with Crippen LogP contribution in [-0.4, -0.2) is 0 Å². The van der Waals surface area contributed by atoms with E-state index in [1.54, 1.807) is 11.8 Å². The van der Waals surface area contributed by atoms with Crippen LogP contribution in [0.4, 0.5) is 0 Å². The highest BCUT2D eigenvalue weighted by atomic mass is 32.2. The van der Waals surface area contributed by atoms with Crippen LogP contribution >= 0.6 is 11.8 Å². The Morgan fingerprint density at radius 1 is 1.20 bits per heavy atom. The summed E-state index contributed by atoms with van der Waals surface area (Å²) in [6.45, 7) is 13.1. The average Bonchev–Trinajstić information content (AvgIpc) is 2.36. The molecule has 0 bridgehead atoms. The molecule has 1 heterocycles. The molecule has 1 aliphatic rings. The average molecular weight is 284 g/mol. The van der Waals surface area contributed by atoms with E-state index in [-0.39, 0.29) is 5.41 Å². The Balaban J connectivity index is 2.42. The van der Waals surface area contributed by atoms with E-state index in [2.05, 4.69) is 76.8 Å². The SMILES string of the molecule is C=C1/C=C\C(C)/C=C\Cc2ccc(C(C)(C)C)cc2S1. The van der Waals surface area contributed by atoms with Crippen LogP contribution in [0.25, 0.3) is 0 Å². The van der Waals surface area contributed by atoms with Gasteiger partial charge in [0.05, 0.1) is 0 Å². The van der Waals surface area contributed by atoms with Gasteiger partial charge in [-0.3, -0.25) is 0 Å². The Bertz CT molecular complexity index is 556. The molecule has 1 aromatic carbocycles. The summed E-state index contributed by atoms with van der Waals surface area (Å²) in [4.78, 5) is 2.45. The Hall–Kier alpha value is -1.21. The molecule has 0 fully saturated rings. The number of benzene rings is 1. The third-order valence-corrected chi connectivity index (χ3v) is 4.54. The van der Waals surface area contributed by atoms with E-state index in [0.29, 0.717) is 5.92 Å². The monoisotopic (exact) mass is 284 g/mol. The molecule has 0 spiro atoms. The largest absolute Gasteiger partial charge is 0.0904 e. The first-order chi connectivity index (χ1) is 9.36. The fourth-order valence-corrected chi connectivity index (χ4v) is 3.09. The fraction of sp³-hybridized carbons (Fsp3) is 0.368. The highest BCUT2D eigenvalue weighted by Crippen LogP contribution is 2.34. The smallest absolute Gasteiger partial charge is 0.0160 e. The number of allylic oxidation sites excluding steroid dienone is 4. The van der Waals surface area contributed by atoms with Crippen molar-refractivity contribution in [3.63, 3.8) is 0 Å². The first-order valence-electron chi connectivity index (χ1n) is 7.21. The summed E-state index contributed by atoms with van der Waals surface area (Å²) in [6, 6.07) is 6.87. The van der Waals surface area contributed by atoms with Gasteiger partial charge < -0.3 is 0 Å². The second kappa shape index (κ2) is 6.05. The van der Waals surface area contributed by atoms with E-state index in [1.807, 2.05) is 0 Å². The van der Waals surface area contributed by atoms with E-state index in [9.17, 15) is 0 Å². The van der Waals surface area contributed by atoms with Gasteiger partial charge in [-0.2, -0.15) is 0 Å². The van der Waals surface area contributed by atoms with Crippen molar-refractivity contribution >= 4 is 11.8 Å². The summed E-state index contributed by atoms with van der Waals surface area (Å²) in [7, 11) is 0. The van der Waals surface area contributed by atoms with Gasteiger partial charge in [-0.15, -0.1) is 0 Å². The lowest BCUT2D eigenvalue weighted by Gasteiger charge is -2.21. The van der Waals surface area contributed by atoms with Crippen molar-refractivity contribution in [3.05, 3.63) is 65.1 Å². The van der Waals surface area contributed by atoms with E-state index < -0.39 is 0 Å². The van der Waals surface area contributed by atoms with Crippen LogP contribution in [0, 0.1) is 5.92 Å². The minimum atomic E-state index is 0.187. The molecule has 0 saturated heterocycles. The van der Waals surface area contributed by atoms with Crippen molar-refractivity contribution < 1.29 is 0 Å². The summed E-state index contributed by atoms with van der Waals surface area (Å²) >= 11 is 1.79. The summed E-state index contributed by atoms with van der Waals surface area (Å²) in [5, 5.41) is 0. The summed E-state index contributed by atoms with van der Waals surface area (Å²) in [6.07, 6.45) is 9.89. The van der Waals surface area contributed by atoms with E-state index in [1.165, 1.54) is 16.0 Å². The summed E-state index contributed by atoms with van der Waals surface area (Å²) < 4.78 is 0. The number of rotatable bonds is 0. The lowest BCUT2D eigenvalue weighted by Crippen LogP contribution is -2.11. The van der Waals surface area contributed by atoms with Crippen molar-refractivity contribution in [1.82, 2.24) is 0 Å². The van der Waals surface area contributed by atoms with Crippen molar-refractivity contribution in [2.75, 3.05) is 0 Å². The molecule has 0 radical (unpaired) electrons. The van der Waals surface area contributed by atoms with Crippen LogP contribution in [0.2, 0.25) is 0 Å². The normalized spacial score (nSPS) is 23.0. The van der Waals surface area contributed by atoms with Gasteiger partial charge in [0.15, 0.2) is 0 Å². The zero-order valence-corrected chi connectivity index (χ0v) is 13.8. The van der Waals surface area contributed by atoms with E-state index in [0.717, 1.165) is 11.3 Å². The maximum atomic E-state index is 4.17. The standard InChI is InChI=1S/C19H24S/c1-14-7-6-8-16-11-12-17(19(3,4)5)13-18(16)20-15(2)10-9-14/h6-7,9-14H,2,8H2,1,3-5H3/b7-6-,10-9-. The van der Waals surface area contributed by atoms with Crippen molar-refractivity contribution in [2.45, 2.75) is 44.4 Å². The second-order valence-electron chi connectivity index (χ2n) is 6.49. The van der Waals surface area contributed by atoms with Crippen LogP contribution in [0.3, 0.4) is 0 Å². The van der Waals surface area contributed by atoms with Gasteiger partial charge in [-0.05, 0) is 34.9 Å². The van der Waals surface area contributed by atoms with E-state index in [4.69, 9.17) is 0 Å². The molecule has 0 aliphatic carbocycles. The lowest BCUT2D eigenvalue weighted by atomic mass is 9.86. The minimum Gasteiger partial charge on any atom is -0.0904 e. The van der Waals surface area contributed by atoms with Gasteiger partial charge in [0.1, 0.15) is 0 Å². The molecule has 20 heavy (non-hydrogen) atoms. The van der Waals surface area contributed by atoms with Crippen molar-refractivity contribution in [2.24, 2.45) is 5.92 Å². The van der Waals surface area contributed by atoms with Gasteiger partial charge in [0.2, 0.25) is 0 Å². The first-order valence-corrected chi connectivity index (χ1v) is 8.03. The van der Waals surface area contributed by atoms with E-state index >= 15 is 0 Å². The molecule has 0 saturated carbocycles. The highest BCUT2D eigenvalue weighted by Gasteiger charge is 2.16. The maximum absolute atomic E-state index is 4.17. The van der Waals surface area contributed by atoms with Gasteiger partial charge in [0.25, 0.3) is 0 Å². The first kappa shape index (κ1) is 15.2. The molecule has 0 nitrogen and oxygen atoms in total. The van der Waals surface area contributed by atoms with Crippen LogP contribution < -0.4 is 0 Å². The van der Waals surface area contributed by atoms with Crippen molar-refractivity contribution in [1.29, 1.82) is 0 Å². The predicted octanol–water partition coefficient (Wildman–Crippen LogP) is 5.89. The molecule has 1 atom stereocenters.